The lowest BCUT2D eigenvalue weighted by molar-refractivity contribution is 0.464. The lowest BCUT2D eigenvalue weighted by Gasteiger charge is -2.21. The monoisotopic (exact) mass is 275 g/mol. The molecule has 0 aromatic heterocycles. The molecule has 0 amide bonds. The molecule has 1 aromatic carbocycles. The highest BCUT2D eigenvalue weighted by Crippen LogP contribution is 2.30. The fourth-order valence-corrected chi connectivity index (χ4v) is 2.73. The quantitative estimate of drug-likeness (QED) is 0.586. The minimum absolute atomic E-state index is 0.333. The summed E-state index contributed by atoms with van der Waals surface area (Å²) >= 11 is 0. The van der Waals surface area contributed by atoms with E-state index in [1.54, 1.807) is 7.05 Å². The Hall–Kier alpha value is -1.71. The van der Waals surface area contributed by atoms with Crippen LogP contribution in [0.25, 0.3) is 0 Å². The van der Waals surface area contributed by atoms with Gasteiger partial charge in [-0.05, 0) is 56.7 Å². The van der Waals surface area contributed by atoms with Crippen LogP contribution in [0.2, 0.25) is 0 Å². The molecule has 0 saturated carbocycles. The van der Waals surface area contributed by atoms with Crippen LogP contribution in [0.4, 0.5) is 0 Å². The second-order valence-electron chi connectivity index (χ2n) is 5.63. The Balaban J connectivity index is 2.13. The zero-order valence-corrected chi connectivity index (χ0v) is 12.7. The van der Waals surface area contributed by atoms with E-state index in [4.69, 9.17) is 0 Å². The van der Waals surface area contributed by atoms with Crippen LogP contribution in [0.3, 0.4) is 0 Å². The Kier molecular flexibility index (Phi) is 4.88. The Morgan fingerprint density at radius 3 is 2.75 bits per heavy atom. The molecule has 1 aliphatic carbocycles. The Labute approximate surface area is 121 Å². The molecule has 0 aliphatic heterocycles. The number of fused-ring (bicyclic) bond motifs is 1. The molecule has 0 atom stereocenters. The number of nitrogens with one attached hydrogen (secondary N) is 2. The Bertz CT molecular complexity index is 495. The van der Waals surface area contributed by atoms with E-state index in [1.807, 2.05) is 6.07 Å². The van der Waals surface area contributed by atoms with Gasteiger partial charge in [-0.25, -0.2) is 0 Å². The van der Waals surface area contributed by atoms with Gasteiger partial charge < -0.3 is 15.7 Å². The van der Waals surface area contributed by atoms with Gasteiger partial charge in [0, 0.05) is 25.2 Å². The Morgan fingerprint density at radius 1 is 1.30 bits per heavy atom. The number of rotatable bonds is 3. The number of aryl methyl sites for hydroxylation is 1. The predicted octanol–water partition coefficient (Wildman–Crippen LogP) is 2.34. The van der Waals surface area contributed by atoms with Crippen LogP contribution in [0.15, 0.2) is 17.1 Å². The molecule has 0 unspecified atom stereocenters. The van der Waals surface area contributed by atoms with Crippen molar-refractivity contribution < 1.29 is 5.11 Å². The lowest BCUT2D eigenvalue weighted by Crippen LogP contribution is -2.40. The summed E-state index contributed by atoms with van der Waals surface area (Å²) in [6, 6.07) is 4.22. The molecular weight excluding hydrogens is 250 g/mol. The second kappa shape index (κ2) is 6.64. The van der Waals surface area contributed by atoms with Crippen LogP contribution in [-0.2, 0) is 19.4 Å². The van der Waals surface area contributed by atoms with Crippen LogP contribution in [-0.4, -0.2) is 24.2 Å². The molecule has 1 aliphatic rings. The van der Waals surface area contributed by atoms with Crippen molar-refractivity contribution >= 4 is 5.96 Å². The fraction of sp³-hybridized carbons (Fsp3) is 0.562. The molecule has 0 fully saturated rings. The average Bonchev–Trinajstić information content (AvgIpc) is 2.44. The number of nitrogens with zero attached hydrogens (tertiary/aromatic N) is 1. The van der Waals surface area contributed by atoms with E-state index in [1.165, 1.54) is 24.0 Å². The number of phenolic OH excluding ortho intramolecular Hbond substituents is 1. The summed E-state index contributed by atoms with van der Waals surface area (Å²) in [5.41, 5.74) is 3.73. The smallest absolute Gasteiger partial charge is 0.191 e. The van der Waals surface area contributed by atoms with Gasteiger partial charge in [-0.2, -0.15) is 0 Å². The Morgan fingerprint density at radius 2 is 2.05 bits per heavy atom. The van der Waals surface area contributed by atoms with Crippen LogP contribution < -0.4 is 10.6 Å². The van der Waals surface area contributed by atoms with Gasteiger partial charge in [-0.15, -0.1) is 0 Å². The first-order chi connectivity index (χ1) is 9.61. The summed E-state index contributed by atoms with van der Waals surface area (Å²) in [5.74, 6) is 1.16. The molecule has 110 valence electrons. The number of guanidine groups is 1. The summed E-state index contributed by atoms with van der Waals surface area (Å²) < 4.78 is 0. The highest BCUT2D eigenvalue weighted by molar-refractivity contribution is 5.80. The first kappa shape index (κ1) is 14.7. The van der Waals surface area contributed by atoms with Gasteiger partial charge in [-0.1, -0.05) is 6.07 Å². The van der Waals surface area contributed by atoms with E-state index in [-0.39, 0.29) is 0 Å². The minimum Gasteiger partial charge on any atom is -0.508 e. The van der Waals surface area contributed by atoms with Gasteiger partial charge in [0.25, 0.3) is 0 Å². The van der Waals surface area contributed by atoms with E-state index in [0.29, 0.717) is 18.3 Å². The molecule has 3 N–H and O–H groups in total. The summed E-state index contributed by atoms with van der Waals surface area (Å²) in [4.78, 5) is 4.20. The molecule has 0 bridgehead atoms. The van der Waals surface area contributed by atoms with Gasteiger partial charge in [0.1, 0.15) is 5.75 Å². The van der Waals surface area contributed by atoms with E-state index in [2.05, 4.69) is 35.5 Å². The van der Waals surface area contributed by atoms with Crippen molar-refractivity contribution in [2.24, 2.45) is 4.99 Å². The highest BCUT2D eigenvalue weighted by atomic mass is 16.3. The van der Waals surface area contributed by atoms with Crippen molar-refractivity contribution in [2.75, 3.05) is 7.05 Å². The fourth-order valence-electron chi connectivity index (χ4n) is 2.73. The molecule has 1 aromatic rings. The van der Waals surface area contributed by atoms with Crippen LogP contribution in [0.1, 0.15) is 43.4 Å². The lowest BCUT2D eigenvalue weighted by atomic mass is 9.88. The minimum atomic E-state index is 0.333. The van der Waals surface area contributed by atoms with Gasteiger partial charge in [-0.3, -0.25) is 4.99 Å². The maximum atomic E-state index is 10.1. The van der Waals surface area contributed by atoms with Crippen molar-refractivity contribution in [3.05, 3.63) is 28.8 Å². The summed E-state index contributed by atoms with van der Waals surface area (Å²) in [7, 11) is 1.76. The van der Waals surface area contributed by atoms with Gasteiger partial charge in [0.15, 0.2) is 5.96 Å². The molecule has 0 spiro atoms. The number of phenols is 1. The van der Waals surface area contributed by atoms with Gasteiger partial charge in [0.05, 0.1) is 0 Å². The molecule has 0 heterocycles. The first-order valence-corrected chi connectivity index (χ1v) is 7.41. The number of hydrogen-bond donors (Lipinski definition) is 3. The predicted molar refractivity (Wildman–Crippen MR) is 83.2 cm³/mol. The third-order valence-corrected chi connectivity index (χ3v) is 3.71. The topological polar surface area (TPSA) is 56.7 Å². The zero-order chi connectivity index (χ0) is 14.5. The second-order valence-corrected chi connectivity index (χ2v) is 5.63. The summed E-state index contributed by atoms with van der Waals surface area (Å²) in [6.07, 6.45) is 4.65. The first-order valence-electron chi connectivity index (χ1n) is 7.41. The van der Waals surface area contributed by atoms with Crippen molar-refractivity contribution in [1.29, 1.82) is 0 Å². The normalized spacial score (nSPS) is 15.1. The SMILES string of the molecule is CN=C(NCc1c(O)ccc2c1CCCC2)NC(C)C. The number of aromatic hydroxyl groups is 1. The average molecular weight is 275 g/mol. The standard InChI is InChI=1S/C16H25N3O/c1-11(2)19-16(17-3)18-10-14-13-7-5-4-6-12(13)8-9-15(14)20/h8-9,11,20H,4-7,10H2,1-3H3,(H2,17,18,19). The van der Waals surface area contributed by atoms with Gasteiger partial charge >= 0.3 is 0 Å². The van der Waals surface area contributed by atoms with Crippen molar-refractivity contribution in [2.45, 2.75) is 52.1 Å². The molecule has 2 rings (SSSR count). The molecule has 0 radical (unpaired) electrons. The number of aliphatic imine (C=N–C) groups is 1. The van der Waals surface area contributed by atoms with Crippen molar-refractivity contribution in [1.82, 2.24) is 10.6 Å². The largest absolute Gasteiger partial charge is 0.508 e. The van der Waals surface area contributed by atoms with E-state index in [0.717, 1.165) is 24.4 Å². The summed E-state index contributed by atoms with van der Waals surface area (Å²) in [6.45, 7) is 4.77. The molecule has 20 heavy (non-hydrogen) atoms. The van der Waals surface area contributed by atoms with E-state index in [9.17, 15) is 5.11 Å². The van der Waals surface area contributed by atoms with E-state index < -0.39 is 0 Å². The zero-order valence-electron chi connectivity index (χ0n) is 12.7. The van der Waals surface area contributed by atoms with Crippen LogP contribution in [0.5, 0.6) is 5.75 Å². The number of hydrogen-bond acceptors (Lipinski definition) is 2. The highest BCUT2D eigenvalue weighted by Gasteiger charge is 2.16. The van der Waals surface area contributed by atoms with Crippen molar-refractivity contribution in [3.63, 3.8) is 0 Å². The molecular formula is C16H25N3O. The summed E-state index contributed by atoms with van der Waals surface area (Å²) in [5, 5.41) is 16.7. The third kappa shape index (κ3) is 3.44. The van der Waals surface area contributed by atoms with Gasteiger partial charge in [0.2, 0.25) is 0 Å². The van der Waals surface area contributed by atoms with Crippen LogP contribution in [0, 0.1) is 0 Å². The molecule has 0 saturated heterocycles. The van der Waals surface area contributed by atoms with Crippen molar-refractivity contribution in [3.8, 4) is 5.75 Å². The number of benzene rings is 1. The maximum Gasteiger partial charge on any atom is 0.191 e. The van der Waals surface area contributed by atoms with Crippen LogP contribution >= 0.6 is 0 Å². The third-order valence-electron chi connectivity index (χ3n) is 3.71. The molecule has 4 nitrogen and oxygen atoms in total. The molecule has 4 heteroatoms. The maximum absolute atomic E-state index is 10.1. The van der Waals surface area contributed by atoms with E-state index >= 15 is 0 Å².